The van der Waals surface area contributed by atoms with E-state index in [-0.39, 0.29) is 18.3 Å². The zero-order valence-electron chi connectivity index (χ0n) is 10.7. The van der Waals surface area contributed by atoms with E-state index in [4.69, 9.17) is 11.5 Å². The van der Waals surface area contributed by atoms with Crippen LogP contribution in [0.5, 0.6) is 0 Å². The first kappa shape index (κ1) is 13.6. The molecule has 5 N–H and O–H groups in total. The number of nitrogen functional groups attached to an aromatic ring is 1. The molecule has 0 bridgehead atoms. The first-order valence-electron chi connectivity index (χ1n) is 5.92. The van der Waals surface area contributed by atoms with Crippen LogP contribution in [0.4, 0.5) is 23.0 Å². The summed E-state index contributed by atoms with van der Waals surface area (Å²) in [5.41, 5.74) is 12.1. The minimum atomic E-state index is -0.337. The van der Waals surface area contributed by atoms with E-state index in [2.05, 4.69) is 20.5 Å². The molecule has 0 aliphatic heterocycles. The molecule has 20 heavy (non-hydrogen) atoms. The van der Waals surface area contributed by atoms with Crippen molar-refractivity contribution >= 4 is 28.9 Å². The summed E-state index contributed by atoms with van der Waals surface area (Å²) in [6.45, 7) is -0.114. The van der Waals surface area contributed by atoms with Gasteiger partial charge in [-0.05, 0) is 24.3 Å². The second-order valence-corrected chi connectivity index (χ2v) is 3.89. The Morgan fingerprint density at radius 2 is 1.90 bits per heavy atom. The molecule has 0 unspecified atom stereocenters. The second-order valence-electron chi connectivity index (χ2n) is 3.89. The van der Waals surface area contributed by atoms with Crippen molar-refractivity contribution < 1.29 is 4.79 Å². The molecule has 0 atom stereocenters. The molecule has 0 fully saturated rings. The number of nitrogens with zero attached hydrogens (tertiary/aromatic N) is 3. The molecule has 2 rings (SSSR count). The summed E-state index contributed by atoms with van der Waals surface area (Å²) >= 11 is 0. The summed E-state index contributed by atoms with van der Waals surface area (Å²) in [5.74, 6) is 0.173. The number of nitrogens with two attached hydrogens (primary N) is 2. The Labute approximate surface area is 115 Å². The Morgan fingerprint density at radius 1 is 1.15 bits per heavy atom. The van der Waals surface area contributed by atoms with Crippen LogP contribution in [0.3, 0.4) is 0 Å². The molecule has 2 aromatic rings. The number of amides is 1. The lowest BCUT2D eigenvalue weighted by atomic mass is 10.3. The third-order valence-corrected chi connectivity index (χ3v) is 2.38. The summed E-state index contributed by atoms with van der Waals surface area (Å²) in [5, 5.41) is 10.6. The van der Waals surface area contributed by atoms with E-state index >= 15 is 0 Å². The molecule has 1 heterocycles. The van der Waals surface area contributed by atoms with Gasteiger partial charge in [-0.1, -0.05) is 18.2 Å². The summed E-state index contributed by atoms with van der Waals surface area (Å²) in [7, 11) is 0. The molecular formula is C13H14N6O. The summed E-state index contributed by atoms with van der Waals surface area (Å²) in [6.07, 6.45) is 0. The molecule has 0 saturated heterocycles. The highest BCUT2D eigenvalue weighted by Crippen LogP contribution is 2.24. The number of azo groups is 1. The molecule has 1 amide bonds. The third kappa shape index (κ3) is 3.59. The SMILES string of the molecule is NCC(=O)Nc1ccc(/N=N/c2ccccc2)c(N)n1. The summed E-state index contributed by atoms with van der Waals surface area (Å²) in [4.78, 5) is 15.1. The second kappa shape index (κ2) is 6.39. The summed E-state index contributed by atoms with van der Waals surface area (Å²) in [6, 6.07) is 12.5. The highest BCUT2D eigenvalue weighted by Gasteiger charge is 2.04. The van der Waals surface area contributed by atoms with Gasteiger partial charge in [-0.3, -0.25) is 4.79 Å². The highest BCUT2D eigenvalue weighted by molar-refractivity contribution is 5.91. The van der Waals surface area contributed by atoms with Crippen LogP contribution in [0.25, 0.3) is 0 Å². The van der Waals surface area contributed by atoms with Crippen LogP contribution >= 0.6 is 0 Å². The lowest BCUT2D eigenvalue weighted by Gasteiger charge is -2.04. The molecule has 0 aliphatic rings. The number of carbonyl (C=O) groups excluding carboxylic acids is 1. The van der Waals surface area contributed by atoms with E-state index in [0.29, 0.717) is 17.2 Å². The van der Waals surface area contributed by atoms with Gasteiger partial charge in [0, 0.05) is 0 Å². The molecule has 7 nitrogen and oxygen atoms in total. The fraction of sp³-hybridized carbons (Fsp3) is 0.0769. The Morgan fingerprint density at radius 3 is 2.55 bits per heavy atom. The van der Waals surface area contributed by atoms with Crippen molar-refractivity contribution in [3.8, 4) is 0 Å². The minimum Gasteiger partial charge on any atom is -0.382 e. The quantitative estimate of drug-likeness (QED) is 0.736. The molecule has 0 saturated carbocycles. The topological polar surface area (TPSA) is 119 Å². The monoisotopic (exact) mass is 270 g/mol. The van der Waals surface area contributed by atoms with Crippen LogP contribution in [0, 0.1) is 0 Å². The minimum absolute atomic E-state index is 0.114. The Hall–Kier alpha value is -2.80. The van der Waals surface area contributed by atoms with Crippen molar-refractivity contribution in [3.63, 3.8) is 0 Å². The van der Waals surface area contributed by atoms with E-state index in [9.17, 15) is 4.79 Å². The number of anilines is 2. The molecule has 0 spiro atoms. The van der Waals surface area contributed by atoms with E-state index in [1.807, 2.05) is 30.3 Å². The van der Waals surface area contributed by atoms with Gasteiger partial charge in [-0.25, -0.2) is 4.98 Å². The smallest absolute Gasteiger partial charge is 0.239 e. The van der Waals surface area contributed by atoms with Crippen molar-refractivity contribution in [2.24, 2.45) is 16.0 Å². The van der Waals surface area contributed by atoms with Gasteiger partial charge < -0.3 is 16.8 Å². The maximum absolute atomic E-state index is 11.1. The number of rotatable bonds is 4. The van der Waals surface area contributed by atoms with Crippen LogP contribution < -0.4 is 16.8 Å². The van der Waals surface area contributed by atoms with Crippen molar-refractivity contribution in [3.05, 3.63) is 42.5 Å². The maximum atomic E-state index is 11.1. The Bertz CT molecular complexity index is 626. The average Bonchev–Trinajstić information content (AvgIpc) is 2.47. The number of nitrogens with one attached hydrogen (secondary N) is 1. The fourth-order valence-electron chi connectivity index (χ4n) is 1.42. The molecule has 102 valence electrons. The van der Waals surface area contributed by atoms with Gasteiger partial charge in [-0.2, -0.15) is 5.11 Å². The van der Waals surface area contributed by atoms with Gasteiger partial charge >= 0.3 is 0 Å². The molecule has 1 aromatic carbocycles. The van der Waals surface area contributed by atoms with E-state index in [0.717, 1.165) is 0 Å². The largest absolute Gasteiger partial charge is 0.382 e. The molecule has 1 aromatic heterocycles. The lowest BCUT2D eigenvalue weighted by molar-refractivity contribution is -0.114. The number of hydrogen-bond acceptors (Lipinski definition) is 6. The summed E-state index contributed by atoms with van der Waals surface area (Å²) < 4.78 is 0. The molecular weight excluding hydrogens is 256 g/mol. The van der Waals surface area contributed by atoms with Gasteiger partial charge in [0.15, 0.2) is 5.82 Å². The number of hydrogen-bond donors (Lipinski definition) is 3. The standard InChI is InChI=1S/C13H14N6O/c14-8-12(20)16-11-7-6-10(13(15)17-11)19-18-9-4-2-1-3-5-9/h1-7H,8,14H2,(H3,15,16,17,20)/b19-18+. The van der Waals surface area contributed by atoms with Gasteiger partial charge in [0.2, 0.25) is 5.91 Å². The van der Waals surface area contributed by atoms with Crippen LogP contribution in [-0.2, 0) is 4.79 Å². The molecule has 7 heteroatoms. The number of aromatic nitrogens is 1. The number of benzene rings is 1. The number of carbonyl (C=O) groups is 1. The first-order valence-corrected chi connectivity index (χ1v) is 5.92. The van der Waals surface area contributed by atoms with Crippen molar-refractivity contribution in [2.75, 3.05) is 17.6 Å². The van der Waals surface area contributed by atoms with Gasteiger partial charge in [-0.15, -0.1) is 5.11 Å². The average molecular weight is 270 g/mol. The van der Waals surface area contributed by atoms with Crippen LogP contribution in [-0.4, -0.2) is 17.4 Å². The van der Waals surface area contributed by atoms with Gasteiger partial charge in [0.05, 0.1) is 12.2 Å². The van der Waals surface area contributed by atoms with Crippen LogP contribution in [0.15, 0.2) is 52.7 Å². The first-order chi connectivity index (χ1) is 9.69. The van der Waals surface area contributed by atoms with Crippen molar-refractivity contribution in [2.45, 2.75) is 0 Å². The zero-order chi connectivity index (χ0) is 14.4. The number of pyridine rings is 1. The van der Waals surface area contributed by atoms with Crippen LogP contribution in [0.2, 0.25) is 0 Å². The van der Waals surface area contributed by atoms with Crippen molar-refractivity contribution in [1.29, 1.82) is 0 Å². The predicted octanol–water partition coefficient (Wildman–Crippen LogP) is 1.98. The van der Waals surface area contributed by atoms with Crippen LogP contribution in [0.1, 0.15) is 0 Å². The zero-order valence-corrected chi connectivity index (χ0v) is 10.7. The molecule has 0 aliphatic carbocycles. The Kier molecular flexibility index (Phi) is 4.35. The normalized spacial score (nSPS) is 10.7. The fourth-order valence-corrected chi connectivity index (χ4v) is 1.42. The molecule has 0 radical (unpaired) electrons. The van der Waals surface area contributed by atoms with Crippen molar-refractivity contribution in [1.82, 2.24) is 4.98 Å². The lowest BCUT2D eigenvalue weighted by Crippen LogP contribution is -2.22. The van der Waals surface area contributed by atoms with E-state index in [1.165, 1.54) is 0 Å². The highest BCUT2D eigenvalue weighted by atomic mass is 16.1. The Balaban J connectivity index is 2.14. The third-order valence-electron chi connectivity index (χ3n) is 2.38. The van der Waals surface area contributed by atoms with Gasteiger partial charge in [0.25, 0.3) is 0 Å². The van der Waals surface area contributed by atoms with Gasteiger partial charge in [0.1, 0.15) is 11.5 Å². The predicted molar refractivity (Wildman–Crippen MR) is 77.0 cm³/mol. The van der Waals surface area contributed by atoms with E-state index < -0.39 is 0 Å². The maximum Gasteiger partial charge on any atom is 0.239 e. The van der Waals surface area contributed by atoms with E-state index in [1.54, 1.807) is 12.1 Å².